The molecule has 0 amide bonds. The molecule has 0 unspecified atom stereocenters. The zero-order valence-electron chi connectivity index (χ0n) is 7.96. The molecule has 0 heterocycles. The molecular weight excluding hydrogens is 266 g/mol. The fourth-order valence-corrected chi connectivity index (χ4v) is 1.37. The summed E-state index contributed by atoms with van der Waals surface area (Å²) < 4.78 is 37.6. The Morgan fingerprint density at radius 2 is 1.94 bits per heavy atom. The van der Waals surface area contributed by atoms with Crippen LogP contribution in [0.4, 0.5) is 13.2 Å². The molecule has 2 nitrogen and oxygen atoms in total. The summed E-state index contributed by atoms with van der Waals surface area (Å²) in [6.07, 6.45) is -4.52. The molecule has 1 aromatic rings. The van der Waals surface area contributed by atoms with Crippen LogP contribution < -0.4 is 5.73 Å². The van der Waals surface area contributed by atoms with E-state index in [0.717, 1.165) is 6.07 Å². The Morgan fingerprint density at radius 1 is 1.38 bits per heavy atom. The summed E-state index contributed by atoms with van der Waals surface area (Å²) in [5.74, 6) is 0. The second-order valence-electron chi connectivity index (χ2n) is 3.02. The molecule has 0 aliphatic heterocycles. The van der Waals surface area contributed by atoms with Crippen molar-refractivity contribution in [2.75, 3.05) is 6.61 Å². The molecule has 0 aromatic heterocycles. The zero-order chi connectivity index (χ0) is 11.6. The number of rotatable bonds is 2. The van der Waals surface area contributed by atoms with E-state index >= 15 is 0 Å². The molecule has 0 aliphatic carbocycles. The lowest BCUT2D eigenvalue weighted by Gasteiger charge is -2.16. The van der Waals surface area contributed by atoms with Crippen molar-refractivity contribution in [1.29, 1.82) is 0 Å². The van der Waals surface area contributed by atoms with Gasteiger partial charge in [-0.05, 0) is 17.7 Å². The third-order valence-electron chi connectivity index (χ3n) is 1.92. The summed E-state index contributed by atoms with van der Waals surface area (Å²) in [4.78, 5) is 0. The summed E-state index contributed by atoms with van der Waals surface area (Å²) in [6, 6.07) is 2.22. The van der Waals surface area contributed by atoms with Crippen LogP contribution in [0.5, 0.6) is 0 Å². The van der Waals surface area contributed by atoms with Gasteiger partial charge >= 0.3 is 6.18 Å². The van der Waals surface area contributed by atoms with Gasteiger partial charge in [0.05, 0.1) is 18.2 Å². The van der Waals surface area contributed by atoms with Gasteiger partial charge in [-0.25, -0.2) is 0 Å². The number of halogens is 5. The van der Waals surface area contributed by atoms with Crippen molar-refractivity contribution in [2.45, 2.75) is 12.2 Å². The molecule has 3 N–H and O–H groups in total. The van der Waals surface area contributed by atoms with E-state index in [9.17, 15) is 13.2 Å². The first-order chi connectivity index (χ1) is 6.86. The van der Waals surface area contributed by atoms with Gasteiger partial charge in [-0.1, -0.05) is 17.7 Å². The summed E-state index contributed by atoms with van der Waals surface area (Å²) in [7, 11) is 0. The SMILES string of the molecule is Cl.N[C@@H](CO)c1ccc(Cl)cc1C(F)(F)F. The number of nitrogens with two attached hydrogens (primary N) is 1. The fourth-order valence-electron chi connectivity index (χ4n) is 1.20. The van der Waals surface area contributed by atoms with Gasteiger partial charge in [0.1, 0.15) is 0 Å². The first kappa shape index (κ1) is 15.5. The summed E-state index contributed by atoms with van der Waals surface area (Å²) in [6.45, 7) is -0.551. The standard InChI is InChI=1S/C9H9ClF3NO.ClH/c10-5-1-2-6(8(14)4-15)7(3-5)9(11,12)13;/h1-3,8,15H,4,14H2;1H/t8-;/m0./s1. The number of aliphatic hydroxyl groups is 1. The molecule has 0 aliphatic rings. The van der Waals surface area contributed by atoms with E-state index in [1.165, 1.54) is 12.1 Å². The second kappa shape index (κ2) is 5.72. The van der Waals surface area contributed by atoms with Gasteiger partial charge in [0.25, 0.3) is 0 Å². The first-order valence-electron chi connectivity index (χ1n) is 4.09. The Kier molecular flexibility index (Phi) is 5.55. The molecule has 1 rings (SSSR count). The van der Waals surface area contributed by atoms with Crippen LogP contribution in [0.3, 0.4) is 0 Å². The zero-order valence-corrected chi connectivity index (χ0v) is 9.53. The van der Waals surface area contributed by atoms with Crippen molar-refractivity contribution >= 4 is 24.0 Å². The molecule has 0 bridgehead atoms. The van der Waals surface area contributed by atoms with Crippen LogP contribution >= 0.6 is 24.0 Å². The highest BCUT2D eigenvalue weighted by atomic mass is 35.5. The molecule has 16 heavy (non-hydrogen) atoms. The lowest BCUT2D eigenvalue weighted by Crippen LogP contribution is -2.20. The van der Waals surface area contributed by atoms with Gasteiger partial charge in [-0.3, -0.25) is 0 Å². The van der Waals surface area contributed by atoms with Crippen molar-refractivity contribution in [3.63, 3.8) is 0 Å². The third-order valence-corrected chi connectivity index (χ3v) is 2.15. The molecule has 0 saturated heterocycles. The van der Waals surface area contributed by atoms with Gasteiger partial charge in [0.2, 0.25) is 0 Å². The van der Waals surface area contributed by atoms with Gasteiger partial charge < -0.3 is 10.8 Å². The van der Waals surface area contributed by atoms with Crippen molar-refractivity contribution < 1.29 is 18.3 Å². The Balaban J connectivity index is 0.00000225. The minimum atomic E-state index is -4.52. The molecule has 0 spiro atoms. The number of alkyl halides is 3. The molecule has 7 heteroatoms. The highest BCUT2D eigenvalue weighted by Crippen LogP contribution is 2.35. The molecule has 0 saturated carbocycles. The van der Waals surface area contributed by atoms with Crippen LogP contribution in [-0.2, 0) is 6.18 Å². The van der Waals surface area contributed by atoms with Crippen LogP contribution in [-0.4, -0.2) is 11.7 Å². The van der Waals surface area contributed by atoms with Crippen LogP contribution in [0.2, 0.25) is 5.02 Å². The van der Waals surface area contributed by atoms with E-state index in [1.807, 2.05) is 0 Å². The highest BCUT2D eigenvalue weighted by Gasteiger charge is 2.34. The van der Waals surface area contributed by atoms with Gasteiger partial charge in [0.15, 0.2) is 0 Å². The van der Waals surface area contributed by atoms with E-state index in [4.69, 9.17) is 22.4 Å². The Labute approximate surface area is 102 Å². The second-order valence-corrected chi connectivity index (χ2v) is 3.45. The van der Waals surface area contributed by atoms with Crippen LogP contribution in [0.25, 0.3) is 0 Å². The Bertz CT molecular complexity index is 357. The highest BCUT2D eigenvalue weighted by molar-refractivity contribution is 6.30. The predicted octanol–water partition coefficient (Wildman–Crippen LogP) is 2.77. The van der Waals surface area contributed by atoms with Gasteiger partial charge in [-0.2, -0.15) is 13.2 Å². The fraction of sp³-hybridized carbons (Fsp3) is 0.333. The normalized spacial score (nSPS) is 13.1. The van der Waals surface area contributed by atoms with E-state index in [1.54, 1.807) is 0 Å². The maximum Gasteiger partial charge on any atom is 0.416 e. The Morgan fingerprint density at radius 3 is 2.38 bits per heavy atom. The topological polar surface area (TPSA) is 46.2 Å². The smallest absolute Gasteiger partial charge is 0.394 e. The average molecular weight is 276 g/mol. The maximum absolute atomic E-state index is 12.5. The maximum atomic E-state index is 12.5. The van der Waals surface area contributed by atoms with E-state index in [2.05, 4.69) is 0 Å². The molecular formula is C9H10Cl2F3NO. The molecule has 0 radical (unpaired) electrons. The lowest BCUT2D eigenvalue weighted by molar-refractivity contribution is -0.138. The van der Waals surface area contributed by atoms with Crippen LogP contribution in [0.1, 0.15) is 17.2 Å². The van der Waals surface area contributed by atoms with E-state index < -0.39 is 24.4 Å². The van der Waals surface area contributed by atoms with Crippen molar-refractivity contribution in [1.82, 2.24) is 0 Å². The number of hydrogen-bond donors (Lipinski definition) is 2. The van der Waals surface area contributed by atoms with Crippen molar-refractivity contribution in [3.8, 4) is 0 Å². The monoisotopic (exact) mass is 275 g/mol. The third kappa shape index (κ3) is 3.52. The van der Waals surface area contributed by atoms with E-state index in [0.29, 0.717) is 0 Å². The molecule has 1 atom stereocenters. The van der Waals surface area contributed by atoms with Gasteiger partial charge in [0, 0.05) is 5.02 Å². The number of benzene rings is 1. The largest absolute Gasteiger partial charge is 0.416 e. The van der Waals surface area contributed by atoms with Crippen LogP contribution in [0, 0.1) is 0 Å². The van der Waals surface area contributed by atoms with Crippen molar-refractivity contribution in [3.05, 3.63) is 34.3 Å². The molecule has 0 fully saturated rings. The van der Waals surface area contributed by atoms with Gasteiger partial charge in [-0.15, -0.1) is 12.4 Å². The minimum Gasteiger partial charge on any atom is -0.394 e. The Hall–Kier alpha value is -0.490. The first-order valence-corrected chi connectivity index (χ1v) is 4.47. The molecule has 92 valence electrons. The summed E-state index contributed by atoms with van der Waals surface area (Å²) in [5, 5.41) is 8.70. The average Bonchev–Trinajstić information content (AvgIpc) is 2.15. The summed E-state index contributed by atoms with van der Waals surface area (Å²) in [5.41, 5.74) is 4.28. The summed E-state index contributed by atoms with van der Waals surface area (Å²) >= 11 is 5.47. The predicted molar refractivity (Wildman–Crippen MR) is 57.7 cm³/mol. The molecule has 1 aromatic carbocycles. The number of hydrogen-bond acceptors (Lipinski definition) is 2. The number of aliphatic hydroxyl groups excluding tert-OH is 1. The quantitative estimate of drug-likeness (QED) is 0.872. The minimum absolute atomic E-state index is 0. The van der Waals surface area contributed by atoms with E-state index in [-0.39, 0.29) is 23.0 Å². The van der Waals surface area contributed by atoms with Crippen LogP contribution in [0.15, 0.2) is 18.2 Å². The lowest BCUT2D eigenvalue weighted by atomic mass is 10.0. The van der Waals surface area contributed by atoms with Crippen molar-refractivity contribution in [2.24, 2.45) is 5.73 Å².